The molecule has 0 bridgehead atoms. The molecule has 0 amide bonds. The summed E-state index contributed by atoms with van der Waals surface area (Å²) in [6.45, 7) is 0. The highest BCUT2D eigenvalue weighted by Crippen LogP contribution is 2.34. The van der Waals surface area contributed by atoms with E-state index in [-0.39, 0.29) is 11.4 Å². The van der Waals surface area contributed by atoms with E-state index in [2.05, 4.69) is 15.9 Å². The van der Waals surface area contributed by atoms with Gasteiger partial charge in [-0.3, -0.25) is 14.9 Å². The molecule has 0 unspecified atom stereocenters. The third-order valence-electron chi connectivity index (χ3n) is 2.45. The van der Waals surface area contributed by atoms with Gasteiger partial charge in [0.2, 0.25) is 5.75 Å². The molecule has 5 nitrogen and oxygen atoms in total. The molecular weight excluding hydrogens is 350 g/mol. The van der Waals surface area contributed by atoms with Crippen LogP contribution in [-0.4, -0.2) is 11.2 Å². The zero-order chi connectivity index (χ0) is 14.7. The molecule has 2 rings (SSSR count). The fourth-order valence-corrected chi connectivity index (χ4v) is 2.13. The highest BCUT2D eigenvalue weighted by atomic mass is 79.9. The van der Waals surface area contributed by atoms with Crippen LogP contribution in [0.5, 0.6) is 11.5 Å². The first kappa shape index (κ1) is 14.5. The van der Waals surface area contributed by atoms with Crippen LogP contribution in [0.2, 0.25) is 5.02 Å². The first-order valence-corrected chi connectivity index (χ1v) is 6.55. The summed E-state index contributed by atoms with van der Waals surface area (Å²) in [4.78, 5) is 21.1. The van der Waals surface area contributed by atoms with E-state index in [1.807, 2.05) is 0 Å². The summed E-state index contributed by atoms with van der Waals surface area (Å²) in [6, 6.07) is 8.68. The van der Waals surface area contributed by atoms with Gasteiger partial charge in [0.25, 0.3) is 0 Å². The molecule has 0 fully saturated rings. The fraction of sp³-hybridized carbons (Fsp3) is 0. The predicted octanol–water partition coefficient (Wildman–Crippen LogP) is 4.62. The second kappa shape index (κ2) is 6.02. The minimum Gasteiger partial charge on any atom is -0.450 e. The molecule has 0 aliphatic rings. The van der Waals surface area contributed by atoms with Crippen molar-refractivity contribution in [3.05, 3.63) is 61.6 Å². The number of rotatable bonds is 4. The summed E-state index contributed by atoms with van der Waals surface area (Å²) in [5, 5.41) is 11.2. The van der Waals surface area contributed by atoms with E-state index in [9.17, 15) is 14.9 Å². The molecule has 0 saturated carbocycles. The topological polar surface area (TPSA) is 69.4 Å². The fourth-order valence-electron chi connectivity index (χ4n) is 1.51. The van der Waals surface area contributed by atoms with Gasteiger partial charge in [-0.2, -0.15) is 0 Å². The number of carbonyl (C=O) groups is 1. The van der Waals surface area contributed by atoms with Gasteiger partial charge >= 0.3 is 5.69 Å². The summed E-state index contributed by atoms with van der Waals surface area (Å²) < 4.78 is 6.00. The minimum atomic E-state index is -0.555. The minimum absolute atomic E-state index is 0.0354. The second-order valence-corrected chi connectivity index (χ2v) is 5.06. The lowest BCUT2D eigenvalue weighted by Crippen LogP contribution is -1.94. The van der Waals surface area contributed by atoms with Crippen LogP contribution < -0.4 is 4.74 Å². The van der Waals surface area contributed by atoms with Crippen LogP contribution in [-0.2, 0) is 0 Å². The summed E-state index contributed by atoms with van der Waals surface area (Å²) in [5.41, 5.74) is 0.267. The standard InChI is InChI=1S/C13H7BrClNO4/c14-11-6-10(3-1-8(11)7-17)20-13-5-9(15)2-4-12(13)16(18)19/h1-7H. The van der Waals surface area contributed by atoms with Gasteiger partial charge in [0, 0.05) is 27.2 Å². The van der Waals surface area contributed by atoms with Gasteiger partial charge in [0.05, 0.1) is 4.92 Å². The molecule has 0 saturated heterocycles. The van der Waals surface area contributed by atoms with Gasteiger partial charge in [-0.15, -0.1) is 0 Å². The first-order valence-electron chi connectivity index (χ1n) is 5.38. The van der Waals surface area contributed by atoms with Gasteiger partial charge in [0.15, 0.2) is 6.29 Å². The highest BCUT2D eigenvalue weighted by molar-refractivity contribution is 9.10. The zero-order valence-electron chi connectivity index (χ0n) is 9.88. The smallest absolute Gasteiger partial charge is 0.311 e. The molecule has 20 heavy (non-hydrogen) atoms. The maximum atomic E-state index is 10.9. The second-order valence-electron chi connectivity index (χ2n) is 3.77. The Bertz CT molecular complexity index is 690. The molecule has 0 aliphatic heterocycles. The molecule has 0 radical (unpaired) electrons. The maximum absolute atomic E-state index is 10.9. The van der Waals surface area contributed by atoms with Crippen LogP contribution in [0.25, 0.3) is 0 Å². The van der Waals surface area contributed by atoms with Crippen LogP contribution in [0.1, 0.15) is 10.4 Å². The quantitative estimate of drug-likeness (QED) is 0.455. The van der Waals surface area contributed by atoms with Gasteiger partial charge in [-0.05, 0) is 40.2 Å². The molecule has 0 heterocycles. The Labute approximate surface area is 127 Å². The van der Waals surface area contributed by atoms with E-state index >= 15 is 0 Å². The van der Waals surface area contributed by atoms with E-state index in [1.165, 1.54) is 18.2 Å². The van der Waals surface area contributed by atoms with E-state index in [4.69, 9.17) is 16.3 Å². The van der Waals surface area contributed by atoms with Crippen molar-refractivity contribution in [2.45, 2.75) is 0 Å². The molecule has 102 valence electrons. The number of aldehydes is 1. The van der Waals surface area contributed by atoms with Crippen molar-refractivity contribution in [3.8, 4) is 11.5 Å². The van der Waals surface area contributed by atoms with Gasteiger partial charge in [-0.1, -0.05) is 11.6 Å². The number of halogens is 2. The lowest BCUT2D eigenvalue weighted by atomic mass is 10.2. The predicted molar refractivity (Wildman–Crippen MR) is 77.7 cm³/mol. The van der Waals surface area contributed by atoms with E-state index in [0.717, 1.165) is 0 Å². The Kier molecular flexibility index (Phi) is 4.36. The number of ether oxygens (including phenoxy) is 1. The molecular formula is C13H7BrClNO4. The average molecular weight is 357 g/mol. The average Bonchev–Trinajstić information content (AvgIpc) is 2.38. The monoisotopic (exact) mass is 355 g/mol. The number of benzene rings is 2. The summed E-state index contributed by atoms with van der Waals surface area (Å²) in [6.07, 6.45) is 0.690. The maximum Gasteiger partial charge on any atom is 0.311 e. The number of carbonyl (C=O) groups excluding carboxylic acids is 1. The Morgan fingerprint density at radius 1 is 1.25 bits per heavy atom. The Morgan fingerprint density at radius 2 is 2.00 bits per heavy atom. The van der Waals surface area contributed by atoms with Gasteiger partial charge in [-0.25, -0.2) is 0 Å². The summed E-state index contributed by atoms with van der Waals surface area (Å²) in [7, 11) is 0. The van der Waals surface area contributed by atoms with Crippen molar-refractivity contribution in [2.75, 3.05) is 0 Å². The Morgan fingerprint density at radius 3 is 2.60 bits per heavy atom. The SMILES string of the molecule is O=Cc1ccc(Oc2cc(Cl)ccc2[N+](=O)[O-])cc1Br. The van der Waals surface area contributed by atoms with Crippen molar-refractivity contribution < 1.29 is 14.5 Å². The van der Waals surface area contributed by atoms with Crippen molar-refractivity contribution in [1.82, 2.24) is 0 Å². The molecule has 7 heteroatoms. The summed E-state index contributed by atoms with van der Waals surface area (Å²) >= 11 is 9.02. The molecule has 0 N–H and O–H groups in total. The lowest BCUT2D eigenvalue weighted by molar-refractivity contribution is -0.385. The third-order valence-corrected chi connectivity index (χ3v) is 3.37. The van der Waals surface area contributed by atoms with Gasteiger partial charge in [0.1, 0.15) is 5.75 Å². The Balaban J connectivity index is 2.39. The van der Waals surface area contributed by atoms with Crippen molar-refractivity contribution in [1.29, 1.82) is 0 Å². The van der Waals surface area contributed by atoms with Crippen LogP contribution >= 0.6 is 27.5 Å². The van der Waals surface area contributed by atoms with Crippen LogP contribution in [0, 0.1) is 10.1 Å². The third kappa shape index (κ3) is 3.15. The number of hydrogen-bond acceptors (Lipinski definition) is 4. The first-order chi connectivity index (χ1) is 9.51. The number of nitro groups is 1. The molecule has 0 aromatic heterocycles. The zero-order valence-corrected chi connectivity index (χ0v) is 12.2. The van der Waals surface area contributed by atoms with Crippen LogP contribution in [0.15, 0.2) is 40.9 Å². The number of nitro benzene ring substituents is 1. The van der Waals surface area contributed by atoms with Crippen LogP contribution in [0.4, 0.5) is 5.69 Å². The molecule has 2 aromatic carbocycles. The van der Waals surface area contributed by atoms with Crippen molar-refractivity contribution >= 4 is 39.5 Å². The molecule has 0 aliphatic carbocycles. The largest absolute Gasteiger partial charge is 0.450 e. The van der Waals surface area contributed by atoms with E-state index in [0.29, 0.717) is 27.1 Å². The van der Waals surface area contributed by atoms with E-state index in [1.54, 1.807) is 18.2 Å². The van der Waals surface area contributed by atoms with Crippen molar-refractivity contribution in [2.24, 2.45) is 0 Å². The molecule has 0 atom stereocenters. The Hall–Kier alpha value is -1.92. The highest BCUT2D eigenvalue weighted by Gasteiger charge is 2.16. The molecule has 2 aromatic rings. The van der Waals surface area contributed by atoms with Crippen molar-refractivity contribution in [3.63, 3.8) is 0 Å². The number of hydrogen-bond donors (Lipinski definition) is 0. The molecule has 0 spiro atoms. The summed E-state index contributed by atoms with van der Waals surface area (Å²) in [5.74, 6) is 0.390. The normalized spacial score (nSPS) is 10.1. The number of nitrogens with zero attached hydrogens (tertiary/aromatic N) is 1. The van der Waals surface area contributed by atoms with E-state index < -0.39 is 4.92 Å². The van der Waals surface area contributed by atoms with Gasteiger partial charge < -0.3 is 4.74 Å². The van der Waals surface area contributed by atoms with Crippen LogP contribution in [0.3, 0.4) is 0 Å². The lowest BCUT2D eigenvalue weighted by Gasteiger charge is -2.07.